The Bertz CT molecular complexity index is 761. The SMILES string of the molecule is CC(C(=O)O)[C@@H]1[C@@H]2C[C@@H](n3cnc4cc(F)c(F)cc43)C[C@@H]21. The molecule has 1 aromatic carbocycles. The van der Waals surface area contributed by atoms with Crippen LogP contribution in [0.15, 0.2) is 18.5 Å². The Hall–Kier alpha value is -1.98. The Labute approximate surface area is 125 Å². The number of nitrogens with zero attached hydrogens (tertiary/aromatic N) is 2. The van der Waals surface area contributed by atoms with Crippen LogP contribution in [0.25, 0.3) is 11.0 Å². The number of carboxylic acids is 1. The molecule has 4 rings (SSSR count). The van der Waals surface area contributed by atoms with E-state index in [0.29, 0.717) is 22.9 Å². The van der Waals surface area contributed by atoms with Gasteiger partial charge in [0.25, 0.3) is 0 Å². The Morgan fingerprint density at radius 2 is 1.95 bits per heavy atom. The van der Waals surface area contributed by atoms with Gasteiger partial charge in [-0.2, -0.15) is 0 Å². The lowest BCUT2D eigenvalue weighted by atomic mass is 9.97. The van der Waals surface area contributed by atoms with Crippen molar-refractivity contribution in [1.82, 2.24) is 9.55 Å². The fourth-order valence-corrected chi connectivity index (χ4v) is 4.31. The van der Waals surface area contributed by atoms with Crippen molar-refractivity contribution in [2.45, 2.75) is 25.8 Å². The van der Waals surface area contributed by atoms with Crippen LogP contribution in [0.4, 0.5) is 8.78 Å². The summed E-state index contributed by atoms with van der Waals surface area (Å²) in [7, 11) is 0. The van der Waals surface area contributed by atoms with Gasteiger partial charge in [-0.05, 0) is 30.6 Å². The van der Waals surface area contributed by atoms with Crippen molar-refractivity contribution >= 4 is 17.0 Å². The third-order valence-corrected chi connectivity index (χ3v) is 5.46. The molecule has 0 spiro atoms. The van der Waals surface area contributed by atoms with Crippen molar-refractivity contribution in [2.75, 3.05) is 0 Å². The minimum absolute atomic E-state index is 0.196. The molecular weight excluding hydrogens is 290 g/mol. The van der Waals surface area contributed by atoms with Gasteiger partial charge < -0.3 is 9.67 Å². The Kier molecular flexibility index (Phi) is 2.80. The number of aromatic nitrogens is 2. The van der Waals surface area contributed by atoms with Crippen LogP contribution in [0, 0.1) is 35.3 Å². The van der Waals surface area contributed by atoms with Gasteiger partial charge in [-0.3, -0.25) is 4.79 Å². The van der Waals surface area contributed by atoms with Gasteiger partial charge in [-0.1, -0.05) is 6.92 Å². The highest BCUT2D eigenvalue weighted by Gasteiger charge is 2.59. The van der Waals surface area contributed by atoms with Gasteiger partial charge in [-0.15, -0.1) is 0 Å². The smallest absolute Gasteiger partial charge is 0.306 e. The molecule has 22 heavy (non-hydrogen) atoms. The van der Waals surface area contributed by atoms with Crippen LogP contribution in [0.3, 0.4) is 0 Å². The van der Waals surface area contributed by atoms with E-state index in [4.69, 9.17) is 5.11 Å². The van der Waals surface area contributed by atoms with Crippen LogP contribution < -0.4 is 0 Å². The van der Waals surface area contributed by atoms with Gasteiger partial charge in [0.15, 0.2) is 11.6 Å². The zero-order chi connectivity index (χ0) is 15.6. The average Bonchev–Trinajstić information content (AvgIpc) is 2.84. The fraction of sp³-hybridized carbons (Fsp3) is 0.500. The Morgan fingerprint density at radius 3 is 2.59 bits per heavy atom. The van der Waals surface area contributed by atoms with Crippen molar-refractivity contribution in [3.63, 3.8) is 0 Å². The number of hydrogen-bond acceptors (Lipinski definition) is 2. The molecule has 2 saturated carbocycles. The maximum Gasteiger partial charge on any atom is 0.306 e. The predicted molar refractivity (Wildman–Crippen MR) is 75.2 cm³/mol. The van der Waals surface area contributed by atoms with E-state index in [2.05, 4.69) is 4.98 Å². The molecule has 0 bridgehead atoms. The molecule has 6 heteroatoms. The first kappa shape index (κ1) is 13.7. The molecule has 1 aromatic heterocycles. The molecule has 4 nitrogen and oxygen atoms in total. The molecule has 0 radical (unpaired) electrons. The summed E-state index contributed by atoms with van der Waals surface area (Å²) in [5.41, 5.74) is 1.06. The van der Waals surface area contributed by atoms with E-state index >= 15 is 0 Å². The van der Waals surface area contributed by atoms with E-state index < -0.39 is 17.6 Å². The van der Waals surface area contributed by atoms with E-state index in [9.17, 15) is 13.6 Å². The number of aliphatic carboxylic acids is 1. The summed E-state index contributed by atoms with van der Waals surface area (Å²) in [5.74, 6) is -1.67. The van der Waals surface area contributed by atoms with E-state index in [1.165, 1.54) is 6.07 Å². The van der Waals surface area contributed by atoms with E-state index in [1.807, 2.05) is 4.57 Å². The van der Waals surface area contributed by atoms with Crippen molar-refractivity contribution in [3.8, 4) is 0 Å². The zero-order valence-corrected chi connectivity index (χ0v) is 12.0. The molecule has 0 aliphatic heterocycles. The third-order valence-electron chi connectivity index (χ3n) is 5.46. The molecule has 2 aliphatic rings. The molecule has 0 saturated heterocycles. The maximum absolute atomic E-state index is 13.5. The first-order chi connectivity index (χ1) is 10.5. The topological polar surface area (TPSA) is 55.1 Å². The van der Waals surface area contributed by atoms with Crippen LogP contribution in [0.1, 0.15) is 25.8 Å². The maximum atomic E-state index is 13.5. The van der Waals surface area contributed by atoms with Crippen molar-refractivity contribution in [1.29, 1.82) is 0 Å². The fourth-order valence-electron chi connectivity index (χ4n) is 4.31. The third kappa shape index (κ3) is 1.86. The molecule has 1 unspecified atom stereocenters. The lowest BCUT2D eigenvalue weighted by Crippen LogP contribution is -2.17. The minimum atomic E-state index is -0.887. The highest BCUT2D eigenvalue weighted by atomic mass is 19.2. The van der Waals surface area contributed by atoms with Gasteiger partial charge in [0.2, 0.25) is 0 Å². The number of carbonyl (C=O) groups is 1. The molecule has 0 amide bonds. The van der Waals surface area contributed by atoms with Gasteiger partial charge in [0.1, 0.15) is 0 Å². The summed E-state index contributed by atoms with van der Waals surface area (Å²) in [6.07, 6.45) is 3.41. The molecule has 2 fully saturated rings. The molecular formula is C16H16F2N2O2. The minimum Gasteiger partial charge on any atom is -0.481 e. The summed E-state index contributed by atoms with van der Waals surface area (Å²) in [6, 6.07) is 2.51. The first-order valence-corrected chi connectivity index (χ1v) is 7.51. The Morgan fingerprint density at radius 1 is 1.32 bits per heavy atom. The van der Waals surface area contributed by atoms with Crippen LogP contribution in [0.2, 0.25) is 0 Å². The van der Waals surface area contributed by atoms with Gasteiger partial charge in [0.05, 0.1) is 23.3 Å². The number of imidazole rings is 1. The lowest BCUT2D eigenvalue weighted by molar-refractivity contribution is -0.142. The Balaban J connectivity index is 1.57. The summed E-state index contributed by atoms with van der Waals surface area (Å²) >= 11 is 0. The lowest BCUT2D eigenvalue weighted by Gasteiger charge is -2.18. The largest absolute Gasteiger partial charge is 0.481 e. The van der Waals surface area contributed by atoms with Crippen LogP contribution in [0.5, 0.6) is 0 Å². The van der Waals surface area contributed by atoms with Gasteiger partial charge in [-0.25, -0.2) is 13.8 Å². The second kappa shape index (κ2) is 4.51. The van der Waals surface area contributed by atoms with Crippen molar-refractivity contribution < 1.29 is 18.7 Å². The van der Waals surface area contributed by atoms with E-state index in [1.54, 1.807) is 13.3 Å². The summed E-state index contributed by atoms with van der Waals surface area (Å²) in [5, 5.41) is 9.10. The number of benzene rings is 1. The van der Waals surface area contributed by atoms with Crippen molar-refractivity contribution in [2.24, 2.45) is 23.7 Å². The number of rotatable bonds is 3. The second-order valence-corrected chi connectivity index (χ2v) is 6.56. The highest BCUT2D eigenvalue weighted by Crippen LogP contribution is 2.63. The average molecular weight is 306 g/mol. The van der Waals surface area contributed by atoms with Crippen molar-refractivity contribution in [3.05, 3.63) is 30.1 Å². The van der Waals surface area contributed by atoms with Crippen LogP contribution >= 0.6 is 0 Å². The predicted octanol–water partition coefficient (Wildman–Crippen LogP) is 3.23. The standard InChI is InChI=1S/C16H16F2N2O2/c1-7(16(21)22)15-9-2-8(3-10(9)15)20-6-19-13-4-11(17)12(18)5-14(13)20/h4-10,15H,2-3H2,1H3,(H,21,22)/t7?,8-,9-,10+,15-. The zero-order valence-electron chi connectivity index (χ0n) is 12.0. The molecule has 1 heterocycles. The normalized spacial score (nSPS) is 31.2. The number of halogens is 2. The first-order valence-electron chi connectivity index (χ1n) is 7.51. The highest BCUT2D eigenvalue weighted by molar-refractivity contribution is 5.75. The monoisotopic (exact) mass is 306 g/mol. The number of carboxylic acid groups (broad SMARTS) is 1. The van der Waals surface area contributed by atoms with Crippen LogP contribution in [-0.4, -0.2) is 20.6 Å². The second-order valence-electron chi connectivity index (χ2n) is 6.56. The number of fused-ring (bicyclic) bond motifs is 2. The van der Waals surface area contributed by atoms with Gasteiger partial charge in [0, 0.05) is 18.2 Å². The number of hydrogen-bond donors (Lipinski definition) is 1. The van der Waals surface area contributed by atoms with E-state index in [0.717, 1.165) is 18.9 Å². The molecule has 1 N–H and O–H groups in total. The van der Waals surface area contributed by atoms with Gasteiger partial charge >= 0.3 is 5.97 Å². The molecule has 2 aromatic rings. The molecule has 5 atom stereocenters. The van der Waals surface area contributed by atoms with E-state index in [-0.39, 0.29) is 17.9 Å². The van der Waals surface area contributed by atoms with Crippen LogP contribution in [-0.2, 0) is 4.79 Å². The summed E-state index contributed by atoms with van der Waals surface area (Å²) in [4.78, 5) is 15.2. The molecule has 116 valence electrons. The quantitative estimate of drug-likeness (QED) is 0.947. The summed E-state index contributed by atoms with van der Waals surface area (Å²) < 4.78 is 28.6. The summed E-state index contributed by atoms with van der Waals surface area (Å²) in [6.45, 7) is 1.77. The molecule has 2 aliphatic carbocycles.